The molecule has 0 aliphatic carbocycles. The zero-order valence-corrected chi connectivity index (χ0v) is 12.2. The van der Waals surface area contributed by atoms with Crippen LogP contribution in [-0.4, -0.2) is 21.4 Å². The molecule has 0 spiro atoms. The van der Waals surface area contributed by atoms with E-state index in [0.717, 1.165) is 17.3 Å². The van der Waals surface area contributed by atoms with Gasteiger partial charge < -0.3 is 4.74 Å². The molecule has 0 radical (unpaired) electrons. The van der Waals surface area contributed by atoms with E-state index < -0.39 is 0 Å². The number of nitrogens with zero attached hydrogens (tertiary/aromatic N) is 2. The van der Waals surface area contributed by atoms with Crippen LogP contribution in [0.25, 0.3) is 5.69 Å². The largest absolute Gasteiger partial charge is 0.493 e. The maximum atomic E-state index is 5.71. The van der Waals surface area contributed by atoms with Crippen molar-refractivity contribution in [1.82, 2.24) is 14.8 Å². The average molecular weight is 297 g/mol. The van der Waals surface area contributed by atoms with Gasteiger partial charge in [0.05, 0.1) is 6.61 Å². The number of aromatic nitrogens is 3. The predicted octanol–water partition coefficient (Wildman–Crippen LogP) is 3.55. The smallest absolute Gasteiger partial charge is 0.199 e. The van der Waals surface area contributed by atoms with E-state index >= 15 is 0 Å². The van der Waals surface area contributed by atoms with Crippen molar-refractivity contribution < 1.29 is 4.74 Å². The molecular weight excluding hydrogens is 282 g/mol. The summed E-state index contributed by atoms with van der Waals surface area (Å²) >= 11 is 5.30. The second-order valence-corrected chi connectivity index (χ2v) is 4.91. The van der Waals surface area contributed by atoms with Gasteiger partial charge in [-0.05, 0) is 36.5 Å². The molecule has 0 bridgehead atoms. The maximum Gasteiger partial charge on any atom is 0.199 e. The summed E-state index contributed by atoms with van der Waals surface area (Å²) in [4.78, 5) is 0. The van der Waals surface area contributed by atoms with Crippen LogP contribution in [0, 0.1) is 4.77 Å². The third kappa shape index (κ3) is 3.20. The topological polar surface area (TPSA) is 42.8 Å². The standard InChI is InChI=1S/C16H15N3OS/c21-16-18-17-15(19(16)13-7-3-1-4-8-13)11-12-20-14-9-5-2-6-10-14/h1-10H,11-12H2,(H,18,21). The van der Waals surface area contributed by atoms with Crippen molar-refractivity contribution in [3.63, 3.8) is 0 Å². The molecule has 0 aliphatic heterocycles. The molecule has 3 aromatic rings. The first-order chi connectivity index (χ1) is 10.3. The average Bonchev–Trinajstić information content (AvgIpc) is 2.90. The van der Waals surface area contributed by atoms with Gasteiger partial charge in [-0.3, -0.25) is 9.67 Å². The van der Waals surface area contributed by atoms with Crippen molar-refractivity contribution in [1.29, 1.82) is 0 Å². The van der Waals surface area contributed by atoms with Crippen molar-refractivity contribution in [2.75, 3.05) is 6.61 Å². The SMILES string of the molecule is S=c1[nH]nc(CCOc2ccccc2)n1-c1ccccc1. The van der Waals surface area contributed by atoms with Crippen LogP contribution in [-0.2, 0) is 6.42 Å². The number of rotatable bonds is 5. The molecule has 3 rings (SSSR count). The Labute approximate surface area is 128 Å². The van der Waals surface area contributed by atoms with E-state index in [0.29, 0.717) is 17.8 Å². The second-order valence-electron chi connectivity index (χ2n) is 4.53. The van der Waals surface area contributed by atoms with E-state index in [1.165, 1.54) is 0 Å². The molecule has 4 nitrogen and oxygen atoms in total. The van der Waals surface area contributed by atoms with Crippen LogP contribution >= 0.6 is 12.2 Å². The zero-order valence-electron chi connectivity index (χ0n) is 11.4. The van der Waals surface area contributed by atoms with Crippen LogP contribution in [0.5, 0.6) is 5.75 Å². The van der Waals surface area contributed by atoms with Crippen molar-refractivity contribution >= 4 is 12.2 Å². The Balaban J connectivity index is 1.74. The van der Waals surface area contributed by atoms with Gasteiger partial charge in [0.15, 0.2) is 4.77 Å². The fraction of sp³-hybridized carbons (Fsp3) is 0.125. The quantitative estimate of drug-likeness (QED) is 0.732. The Bertz CT molecular complexity index is 750. The van der Waals surface area contributed by atoms with Gasteiger partial charge in [0.2, 0.25) is 0 Å². The lowest BCUT2D eigenvalue weighted by atomic mass is 10.3. The van der Waals surface area contributed by atoms with Gasteiger partial charge in [0.25, 0.3) is 0 Å². The minimum Gasteiger partial charge on any atom is -0.493 e. The number of H-pyrrole nitrogens is 1. The third-order valence-electron chi connectivity index (χ3n) is 3.09. The summed E-state index contributed by atoms with van der Waals surface area (Å²) in [6, 6.07) is 19.7. The lowest BCUT2D eigenvalue weighted by Crippen LogP contribution is -2.07. The molecular formula is C16H15N3OS. The molecule has 0 atom stereocenters. The number of hydrogen-bond donors (Lipinski definition) is 1. The Morgan fingerprint density at radius 2 is 1.67 bits per heavy atom. The molecule has 0 aliphatic rings. The van der Waals surface area contributed by atoms with Gasteiger partial charge in [-0.25, -0.2) is 0 Å². The molecule has 0 unspecified atom stereocenters. The van der Waals surface area contributed by atoms with Crippen LogP contribution in [0.2, 0.25) is 0 Å². The van der Waals surface area contributed by atoms with E-state index in [4.69, 9.17) is 17.0 Å². The summed E-state index contributed by atoms with van der Waals surface area (Å²) in [5, 5.41) is 7.13. The van der Waals surface area contributed by atoms with E-state index in [9.17, 15) is 0 Å². The zero-order chi connectivity index (χ0) is 14.5. The van der Waals surface area contributed by atoms with Crippen LogP contribution in [0.3, 0.4) is 0 Å². The Morgan fingerprint density at radius 3 is 2.38 bits per heavy atom. The first-order valence-electron chi connectivity index (χ1n) is 6.74. The molecule has 21 heavy (non-hydrogen) atoms. The fourth-order valence-corrected chi connectivity index (χ4v) is 2.37. The highest BCUT2D eigenvalue weighted by molar-refractivity contribution is 7.71. The molecule has 1 N–H and O–H groups in total. The summed E-state index contributed by atoms with van der Waals surface area (Å²) in [6.45, 7) is 0.552. The van der Waals surface area contributed by atoms with Crippen LogP contribution < -0.4 is 4.74 Å². The van der Waals surface area contributed by atoms with E-state index in [1.54, 1.807) is 0 Å². The van der Waals surface area contributed by atoms with Crippen molar-refractivity contribution in [2.45, 2.75) is 6.42 Å². The Kier molecular flexibility index (Phi) is 4.12. The van der Waals surface area contributed by atoms with Gasteiger partial charge in [-0.2, -0.15) is 5.10 Å². The molecule has 1 aromatic heterocycles. The number of nitrogens with one attached hydrogen (secondary N) is 1. The minimum atomic E-state index is 0.552. The highest BCUT2D eigenvalue weighted by atomic mass is 32.1. The second kappa shape index (κ2) is 6.37. The van der Waals surface area contributed by atoms with E-state index in [2.05, 4.69) is 10.2 Å². The van der Waals surface area contributed by atoms with Crippen molar-refractivity contribution in [3.8, 4) is 11.4 Å². The summed E-state index contributed by atoms with van der Waals surface area (Å²) in [7, 11) is 0. The lowest BCUT2D eigenvalue weighted by molar-refractivity contribution is 0.318. The predicted molar refractivity (Wildman–Crippen MR) is 84.4 cm³/mol. The van der Waals surface area contributed by atoms with E-state index in [1.807, 2.05) is 65.2 Å². The molecule has 0 fully saturated rings. The van der Waals surface area contributed by atoms with Gasteiger partial charge in [0.1, 0.15) is 11.6 Å². The van der Waals surface area contributed by atoms with Crippen LogP contribution in [0.4, 0.5) is 0 Å². The molecule has 106 valence electrons. The summed E-state index contributed by atoms with van der Waals surface area (Å²) < 4.78 is 8.24. The Hall–Kier alpha value is -2.40. The van der Waals surface area contributed by atoms with Crippen LogP contribution in [0.15, 0.2) is 60.7 Å². The summed E-state index contributed by atoms with van der Waals surface area (Å²) in [5.41, 5.74) is 1.01. The van der Waals surface area contributed by atoms with Crippen molar-refractivity contribution in [3.05, 3.63) is 71.3 Å². The highest BCUT2D eigenvalue weighted by Crippen LogP contribution is 2.12. The van der Waals surface area contributed by atoms with Crippen molar-refractivity contribution in [2.24, 2.45) is 0 Å². The fourth-order valence-electron chi connectivity index (χ4n) is 2.12. The Morgan fingerprint density at radius 1 is 1.00 bits per heavy atom. The molecule has 1 heterocycles. The molecule has 0 saturated carbocycles. The lowest BCUT2D eigenvalue weighted by Gasteiger charge is -2.08. The van der Waals surface area contributed by atoms with Crippen LogP contribution in [0.1, 0.15) is 5.82 Å². The van der Waals surface area contributed by atoms with Gasteiger partial charge >= 0.3 is 0 Å². The number of ether oxygens (including phenoxy) is 1. The third-order valence-corrected chi connectivity index (χ3v) is 3.37. The number of aromatic amines is 1. The van der Waals surface area contributed by atoms with Gasteiger partial charge in [-0.15, -0.1) is 0 Å². The molecule has 0 amide bonds. The normalized spacial score (nSPS) is 10.5. The summed E-state index contributed by atoms with van der Waals surface area (Å²) in [6.07, 6.45) is 0.678. The summed E-state index contributed by atoms with van der Waals surface area (Å²) in [5.74, 6) is 1.72. The maximum absolute atomic E-state index is 5.71. The minimum absolute atomic E-state index is 0.552. The monoisotopic (exact) mass is 297 g/mol. The molecule has 0 saturated heterocycles. The van der Waals surface area contributed by atoms with E-state index in [-0.39, 0.29) is 0 Å². The molecule has 5 heteroatoms. The van der Waals surface area contributed by atoms with Gasteiger partial charge in [0, 0.05) is 12.1 Å². The first kappa shape index (κ1) is 13.6. The number of benzene rings is 2. The number of para-hydroxylation sites is 2. The first-order valence-corrected chi connectivity index (χ1v) is 7.15. The number of hydrogen-bond acceptors (Lipinski definition) is 3. The van der Waals surface area contributed by atoms with Gasteiger partial charge in [-0.1, -0.05) is 36.4 Å². The molecule has 2 aromatic carbocycles. The highest BCUT2D eigenvalue weighted by Gasteiger charge is 2.08.